The number of ether oxygens (including phenoxy) is 1. The Hall–Kier alpha value is -1.85. The molecule has 0 unspecified atom stereocenters. The van der Waals surface area contributed by atoms with Crippen LogP contribution in [0.3, 0.4) is 0 Å². The highest BCUT2D eigenvalue weighted by atomic mass is 79.9. The maximum atomic E-state index is 11.7. The van der Waals surface area contributed by atoms with Gasteiger partial charge in [0.05, 0.1) is 18.9 Å². The van der Waals surface area contributed by atoms with Crippen LogP contribution in [0.5, 0.6) is 0 Å². The van der Waals surface area contributed by atoms with Crippen molar-refractivity contribution in [1.29, 1.82) is 0 Å². The highest BCUT2D eigenvalue weighted by molar-refractivity contribution is 9.10. The molecule has 0 fully saturated rings. The molecule has 0 aromatic heterocycles. The molecule has 1 amide bonds. The molecule has 0 aliphatic rings. The second-order valence-corrected chi connectivity index (χ2v) is 6.86. The molecule has 5 heteroatoms. The summed E-state index contributed by atoms with van der Waals surface area (Å²) in [4.78, 5) is 13.4. The number of benzene rings is 2. The lowest BCUT2D eigenvalue weighted by molar-refractivity contribution is -0.116. The number of nitrogens with one attached hydrogen (secondary N) is 1. The predicted octanol–water partition coefficient (Wildman–Crippen LogP) is 4.68. The summed E-state index contributed by atoms with van der Waals surface area (Å²) in [5, 5.41) is 3.43. The van der Waals surface area contributed by atoms with Gasteiger partial charge in [0.15, 0.2) is 0 Å². The van der Waals surface area contributed by atoms with Crippen LogP contribution in [0.1, 0.15) is 23.6 Å². The average Bonchev–Trinajstić information content (AvgIpc) is 2.60. The van der Waals surface area contributed by atoms with Crippen LogP contribution in [-0.4, -0.2) is 26.1 Å². The van der Waals surface area contributed by atoms with Gasteiger partial charge in [-0.1, -0.05) is 30.3 Å². The largest absolute Gasteiger partial charge is 0.382 e. The molecular formula is C20H25BrN2O2. The van der Waals surface area contributed by atoms with Crippen LogP contribution in [0.4, 0.5) is 11.4 Å². The molecule has 1 N–H and O–H groups in total. The standard InChI is InChI=1S/C20H25BrN2O2/c1-14-12-18(23(4)16(3)24)15(2)20(19(14)21)22-10-11-25-13-17-8-6-5-7-9-17/h5-9,12,22H,10-11,13H2,1-4H3. The average molecular weight is 405 g/mol. The number of halogens is 1. The monoisotopic (exact) mass is 404 g/mol. The summed E-state index contributed by atoms with van der Waals surface area (Å²) in [6, 6.07) is 12.2. The summed E-state index contributed by atoms with van der Waals surface area (Å²) in [5.41, 5.74) is 5.22. The molecule has 2 rings (SSSR count). The molecule has 2 aromatic rings. The molecule has 0 saturated carbocycles. The molecular weight excluding hydrogens is 380 g/mol. The highest BCUT2D eigenvalue weighted by Crippen LogP contribution is 2.36. The van der Waals surface area contributed by atoms with Gasteiger partial charge in [0.25, 0.3) is 0 Å². The van der Waals surface area contributed by atoms with Gasteiger partial charge in [0, 0.05) is 30.7 Å². The van der Waals surface area contributed by atoms with Gasteiger partial charge in [-0.3, -0.25) is 4.79 Å². The van der Waals surface area contributed by atoms with E-state index in [2.05, 4.69) is 33.4 Å². The van der Waals surface area contributed by atoms with Gasteiger partial charge in [-0.05, 0) is 52.5 Å². The number of amides is 1. The van der Waals surface area contributed by atoms with E-state index < -0.39 is 0 Å². The molecule has 0 radical (unpaired) electrons. The van der Waals surface area contributed by atoms with Crippen LogP contribution in [0.15, 0.2) is 40.9 Å². The van der Waals surface area contributed by atoms with E-state index in [4.69, 9.17) is 4.74 Å². The van der Waals surface area contributed by atoms with Gasteiger partial charge in [-0.25, -0.2) is 0 Å². The van der Waals surface area contributed by atoms with Gasteiger partial charge in [0.1, 0.15) is 0 Å². The van der Waals surface area contributed by atoms with Crippen molar-refractivity contribution in [1.82, 2.24) is 0 Å². The molecule has 25 heavy (non-hydrogen) atoms. The van der Waals surface area contributed by atoms with E-state index in [0.29, 0.717) is 19.8 Å². The fraction of sp³-hybridized carbons (Fsp3) is 0.350. The zero-order chi connectivity index (χ0) is 18.4. The van der Waals surface area contributed by atoms with Crippen molar-refractivity contribution in [2.24, 2.45) is 0 Å². The minimum absolute atomic E-state index is 0.0157. The molecule has 0 aliphatic heterocycles. The van der Waals surface area contributed by atoms with Gasteiger partial charge in [-0.15, -0.1) is 0 Å². The topological polar surface area (TPSA) is 41.6 Å². The molecule has 0 heterocycles. The fourth-order valence-corrected chi connectivity index (χ4v) is 3.16. The second kappa shape index (κ2) is 9.02. The van der Waals surface area contributed by atoms with Gasteiger partial charge in [0.2, 0.25) is 5.91 Å². The summed E-state index contributed by atoms with van der Waals surface area (Å²) in [7, 11) is 1.80. The van der Waals surface area contributed by atoms with Crippen molar-refractivity contribution < 1.29 is 9.53 Å². The lowest BCUT2D eigenvalue weighted by Gasteiger charge is -2.23. The summed E-state index contributed by atoms with van der Waals surface area (Å²) in [6.45, 7) is 7.52. The number of aryl methyl sites for hydroxylation is 1. The van der Waals surface area contributed by atoms with E-state index in [1.165, 1.54) is 5.56 Å². The van der Waals surface area contributed by atoms with Crippen molar-refractivity contribution in [3.05, 3.63) is 57.6 Å². The zero-order valence-electron chi connectivity index (χ0n) is 15.2. The van der Waals surface area contributed by atoms with Crippen molar-refractivity contribution in [3.63, 3.8) is 0 Å². The molecule has 0 spiro atoms. The first kappa shape index (κ1) is 19.5. The van der Waals surface area contributed by atoms with E-state index in [1.807, 2.05) is 38.1 Å². The quantitative estimate of drug-likeness (QED) is 0.681. The normalized spacial score (nSPS) is 10.6. The van der Waals surface area contributed by atoms with E-state index in [1.54, 1.807) is 18.9 Å². The molecule has 2 aromatic carbocycles. The Morgan fingerprint density at radius 2 is 1.92 bits per heavy atom. The number of hydrogen-bond donors (Lipinski definition) is 1. The van der Waals surface area contributed by atoms with Crippen molar-refractivity contribution in [3.8, 4) is 0 Å². The first-order valence-electron chi connectivity index (χ1n) is 8.31. The fourth-order valence-electron chi connectivity index (χ4n) is 2.61. The SMILES string of the molecule is CC(=O)N(C)c1cc(C)c(Br)c(NCCOCc2ccccc2)c1C. The third kappa shape index (κ3) is 5.06. The Morgan fingerprint density at radius 1 is 1.24 bits per heavy atom. The second-order valence-electron chi connectivity index (χ2n) is 6.07. The van der Waals surface area contributed by atoms with E-state index in [9.17, 15) is 4.79 Å². The first-order valence-corrected chi connectivity index (χ1v) is 9.10. The third-order valence-corrected chi connectivity index (χ3v) is 5.19. The van der Waals surface area contributed by atoms with Crippen LogP contribution in [0.25, 0.3) is 0 Å². The Balaban J connectivity index is 2.00. The smallest absolute Gasteiger partial charge is 0.223 e. The minimum atomic E-state index is 0.0157. The minimum Gasteiger partial charge on any atom is -0.382 e. The Bertz CT molecular complexity index is 732. The summed E-state index contributed by atoms with van der Waals surface area (Å²) in [5.74, 6) is 0.0157. The van der Waals surface area contributed by atoms with E-state index in [0.717, 1.165) is 27.0 Å². The maximum absolute atomic E-state index is 11.7. The number of hydrogen-bond acceptors (Lipinski definition) is 3. The molecule has 0 saturated heterocycles. The third-order valence-electron chi connectivity index (χ3n) is 4.17. The summed E-state index contributed by atoms with van der Waals surface area (Å²) in [6.07, 6.45) is 0. The Labute approximate surface area is 158 Å². The maximum Gasteiger partial charge on any atom is 0.223 e. The summed E-state index contributed by atoms with van der Waals surface area (Å²) >= 11 is 3.65. The van der Waals surface area contributed by atoms with Crippen molar-refractivity contribution in [2.45, 2.75) is 27.4 Å². The van der Waals surface area contributed by atoms with Crippen molar-refractivity contribution in [2.75, 3.05) is 30.4 Å². The number of nitrogens with zero attached hydrogens (tertiary/aromatic N) is 1. The molecule has 134 valence electrons. The van der Waals surface area contributed by atoms with Crippen LogP contribution in [0.2, 0.25) is 0 Å². The Morgan fingerprint density at radius 3 is 2.56 bits per heavy atom. The van der Waals surface area contributed by atoms with Crippen LogP contribution in [-0.2, 0) is 16.1 Å². The van der Waals surface area contributed by atoms with Gasteiger partial charge in [-0.2, -0.15) is 0 Å². The highest BCUT2D eigenvalue weighted by Gasteiger charge is 2.16. The first-order chi connectivity index (χ1) is 11.9. The van der Waals surface area contributed by atoms with Crippen LogP contribution < -0.4 is 10.2 Å². The van der Waals surface area contributed by atoms with Gasteiger partial charge < -0.3 is 15.0 Å². The molecule has 4 nitrogen and oxygen atoms in total. The van der Waals surface area contributed by atoms with E-state index >= 15 is 0 Å². The van der Waals surface area contributed by atoms with Crippen molar-refractivity contribution >= 4 is 33.2 Å². The number of carbonyl (C=O) groups is 1. The Kier molecular flexibility index (Phi) is 7.02. The number of carbonyl (C=O) groups excluding carboxylic acids is 1. The zero-order valence-corrected chi connectivity index (χ0v) is 16.8. The molecule has 0 atom stereocenters. The van der Waals surface area contributed by atoms with E-state index in [-0.39, 0.29) is 5.91 Å². The lowest BCUT2D eigenvalue weighted by atomic mass is 10.1. The number of anilines is 2. The molecule has 0 aliphatic carbocycles. The van der Waals surface area contributed by atoms with Gasteiger partial charge >= 0.3 is 0 Å². The van der Waals surface area contributed by atoms with Crippen LogP contribution >= 0.6 is 15.9 Å². The summed E-state index contributed by atoms with van der Waals surface area (Å²) < 4.78 is 6.75. The lowest BCUT2D eigenvalue weighted by Crippen LogP contribution is -2.24. The predicted molar refractivity (Wildman–Crippen MR) is 107 cm³/mol. The van der Waals surface area contributed by atoms with Crippen LogP contribution in [0, 0.1) is 13.8 Å². The number of rotatable bonds is 7. The molecule has 0 bridgehead atoms.